The first-order chi connectivity index (χ1) is 12.2. The molecule has 0 bridgehead atoms. The Balaban J connectivity index is 1.64. The topological polar surface area (TPSA) is 41.6 Å². The van der Waals surface area contributed by atoms with Crippen LogP contribution in [-0.4, -0.2) is 24.7 Å². The van der Waals surface area contributed by atoms with Crippen molar-refractivity contribution in [3.63, 3.8) is 0 Å². The highest BCUT2D eigenvalue weighted by molar-refractivity contribution is 5.98. The largest absolute Gasteiger partial charge is 0.378 e. The minimum atomic E-state index is -0.283. The van der Waals surface area contributed by atoms with Crippen LogP contribution in [0.4, 0.5) is 11.4 Å². The zero-order valence-corrected chi connectivity index (χ0v) is 14.5. The normalized spacial score (nSPS) is 25.5. The Hall–Kier alpha value is -2.33. The van der Waals surface area contributed by atoms with E-state index in [1.54, 1.807) is 0 Å². The molecule has 130 valence electrons. The molecule has 1 saturated heterocycles. The molecule has 3 unspecified atom stereocenters. The Morgan fingerprint density at radius 3 is 2.64 bits per heavy atom. The predicted molar refractivity (Wildman–Crippen MR) is 99.8 cm³/mol. The van der Waals surface area contributed by atoms with Crippen molar-refractivity contribution < 1.29 is 9.53 Å². The van der Waals surface area contributed by atoms with E-state index < -0.39 is 0 Å². The Morgan fingerprint density at radius 2 is 1.88 bits per heavy atom. The molecule has 1 amide bonds. The van der Waals surface area contributed by atoms with Crippen LogP contribution in [-0.2, 0) is 9.53 Å². The number of carbonyl (C=O) groups excluding carboxylic acids is 1. The first-order valence-corrected chi connectivity index (χ1v) is 9.09. The van der Waals surface area contributed by atoms with Crippen LogP contribution in [0.3, 0.4) is 0 Å². The number of hydrogen-bond donors (Lipinski definition) is 1. The monoisotopic (exact) mass is 336 g/mol. The summed E-state index contributed by atoms with van der Waals surface area (Å²) in [6, 6.07) is 18.8. The second kappa shape index (κ2) is 6.89. The summed E-state index contributed by atoms with van der Waals surface area (Å²) in [6.07, 6.45) is 2.40. The lowest BCUT2D eigenvalue weighted by atomic mass is 9.91. The summed E-state index contributed by atoms with van der Waals surface area (Å²) in [5, 5.41) is 3.63. The molecule has 3 atom stereocenters. The van der Waals surface area contributed by atoms with Crippen molar-refractivity contribution in [2.75, 3.05) is 16.8 Å². The number of anilines is 2. The molecule has 0 aromatic heterocycles. The number of fused-ring (bicyclic) bond motifs is 1. The summed E-state index contributed by atoms with van der Waals surface area (Å²) in [5.74, 6) is 0.107. The molecule has 0 saturated carbocycles. The lowest BCUT2D eigenvalue weighted by molar-refractivity contribution is -0.127. The van der Waals surface area contributed by atoms with Gasteiger partial charge in [-0.15, -0.1) is 0 Å². The van der Waals surface area contributed by atoms with Crippen molar-refractivity contribution in [3.05, 3.63) is 60.2 Å². The Bertz CT molecular complexity index is 741. The maximum atomic E-state index is 13.0. The molecule has 0 aliphatic carbocycles. The van der Waals surface area contributed by atoms with E-state index in [2.05, 4.69) is 36.5 Å². The van der Waals surface area contributed by atoms with Crippen molar-refractivity contribution in [3.8, 4) is 0 Å². The lowest BCUT2D eigenvalue weighted by Gasteiger charge is -2.40. The second-order valence-electron chi connectivity index (χ2n) is 6.92. The smallest absolute Gasteiger partial charge is 0.256 e. The highest BCUT2D eigenvalue weighted by Gasteiger charge is 2.37. The molecule has 25 heavy (non-hydrogen) atoms. The zero-order chi connectivity index (χ0) is 17.2. The van der Waals surface area contributed by atoms with E-state index in [-0.39, 0.29) is 24.1 Å². The molecule has 4 rings (SSSR count). The maximum absolute atomic E-state index is 13.0. The highest BCUT2D eigenvalue weighted by atomic mass is 16.5. The van der Waals surface area contributed by atoms with Crippen LogP contribution in [0.1, 0.15) is 37.8 Å². The molecule has 0 spiro atoms. The third kappa shape index (κ3) is 3.14. The number of carbonyl (C=O) groups is 1. The van der Waals surface area contributed by atoms with E-state index in [4.69, 9.17) is 4.74 Å². The van der Waals surface area contributed by atoms with Crippen LogP contribution >= 0.6 is 0 Å². The first-order valence-electron chi connectivity index (χ1n) is 9.09. The fourth-order valence-electron chi connectivity index (χ4n) is 3.95. The van der Waals surface area contributed by atoms with E-state index in [0.29, 0.717) is 6.61 Å². The molecule has 0 radical (unpaired) electrons. The number of nitrogens with zero attached hydrogens (tertiary/aromatic N) is 1. The average Bonchev–Trinajstić information content (AvgIpc) is 3.17. The van der Waals surface area contributed by atoms with Crippen molar-refractivity contribution in [1.82, 2.24) is 0 Å². The van der Waals surface area contributed by atoms with Crippen molar-refractivity contribution in [2.45, 2.75) is 44.4 Å². The summed E-state index contributed by atoms with van der Waals surface area (Å²) in [4.78, 5) is 15.0. The molecular weight excluding hydrogens is 312 g/mol. The van der Waals surface area contributed by atoms with Gasteiger partial charge >= 0.3 is 0 Å². The Morgan fingerprint density at radius 1 is 1.12 bits per heavy atom. The predicted octanol–water partition coefficient (Wildman–Crippen LogP) is 4.14. The molecule has 2 heterocycles. The molecular formula is C21H24N2O2. The van der Waals surface area contributed by atoms with Gasteiger partial charge in [-0.05, 0) is 49.9 Å². The Labute approximate surface area is 148 Å². The van der Waals surface area contributed by atoms with Gasteiger partial charge in [-0.25, -0.2) is 0 Å². The highest BCUT2D eigenvalue weighted by Crippen LogP contribution is 2.39. The van der Waals surface area contributed by atoms with Crippen molar-refractivity contribution >= 4 is 17.3 Å². The second-order valence-corrected chi connectivity index (χ2v) is 6.92. The molecule has 4 nitrogen and oxygen atoms in total. The van der Waals surface area contributed by atoms with E-state index >= 15 is 0 Å². The number of rotatable bonds is 3. The van der Waals surface area contributed by atoms with E-state index in [1.165, 1.54) is 5.56 Å². The van der Waals surface area contributed by atoms with Gasteiger partial charge in [-0.2, -0.15) is 0 Å². The van der Waals surface area contributed by atoms with Crippen LogP contribution in [0.5, 0.6) is 0 Å². The van der Waals surface area contributed by atoms with Gasteiger partial charge in [0.05, 0.1) is 6.04 Å². The summed E-state index contributed by atoms with van der Waals surface area (Å²) in [7, 11) is 0. The van der Waals surface area contributed by atoms with Gasteiger partial charge in [0.15, 0.2) is 0 Å². The standard InChI is InChI=1S/C21H24N2O2/c1-15-14-18(22-16-8-3-2-4-9-16)17-10-5-6-11-19(17)23(15)21(24)20-12-7-13-25-20/h2-6,8-11,15,18,20,22H,7,12-14H2,1H3. The van der Waals surface area contributed by atoms with Crippen LogP contribution in [0.15, 0.2) is 54.6 Å². The minimum absolute atomic E-state index is 0.107. The van der Waals surface area contributed by atoms with Gasteiger partial charge in [0.2, 0.25) is 0 Å². The molecule has 2 aromatic rings. The van der Waals surface area contributed by atoms with Crippen LogP contribution in [0, 0.1) is 0 Å². The first kappa shape index (κ1) is 16.2. The number of nitrogens with one attached hydrogen (secondary N) is 1. The van der Waals surface area contributed by atoms with Gasteiger partial charge < -0.3 is 15.0 Å². The fourth-order valence-corrected chi connectivity index (χ4v) is 3.95. The van der Waals surface area contributed by atoms with E-state index in [0.717, 1.165) is 30.6 Å². The number of amides is 1. The van der Waals surface area contributed by atoms with Crippen LogP contribution < -0.4 is 10.2 Å². The Kier molecular flexibility index (Phi) is 4.45. The van der Waals surface area contributed by atoms with Gasteiger partial charge in [0.25, 0.3) is 5.91 Å². The van der Waals surface area contributed by atoms with Crippen molar-refractivity contribution in [1.29, 1.82) is 0 Å². The molecule has 2 aliphatic heterocycles. The number of ether oxygens (including phenoxy) is 1. The van der Waals surface area contributed by atoms with Crippen LogP contribution in [0.2, 0.25) is 0 Å². The third-order valence-electron chi connectivity index (χ3n) is 5.15. The fraction of sp³-hybridized carbons (Fsp3) is 0.381. The zero-order valence-electron chi connectivity index (χ0n) is 14.5. The molecule has 2 aliphatic rings. The van der Waals surface area contributed by atoms with E-state index in [9.17, 15) is 4.79 Å². The molecule has 1 N–H and O–H groups in total. The SMILES string of the molecule is CC1CC(Nc2ccccc2)c2ccccc2N1C(=O)C1CCCO1. The maximum Gasteiger partial charge on any atom is 0.256 e. The molecule has 2 aromatic carbocycles. The van der Waals surface area contributed by atoms with Crippen LogP contribution in [0.25, 0.3) is 0 Å². The summed E-state index contributed by atoms with van der Waals surface area (Å²) >= 11 is 0. The molecule has 4 heteroatoms. The average molecular weight is 336 g/mol. The minimum Gasteiger partial charge on any atom is -0.378 e. The summed E-state index contributed by atoms with van der Waals surface area (Å²) in [5.41, 5.74) is 3.29. The van der Waals surface area contributed by atoms with Gasteiger partial charge in [-0.1, -0.05) is 36.4 Å². The lowest BCUT2D eigenvalue weighted by Crippen LogP contribution is -2.48. The summed E-state index contributed by atoms with van der Waals surface area (Å²) < 4.78 is 5.65. The quantitative estimate of drug-likeness (QED) is 0.916. The van der Waals surface area contributed by atoms with Crippen molar-refractivity contribution in [2.24, 2.45) is 0 Å². The van der Waals surface area contributed by atoms with Gasteiger partial charge in [-0.3, -0.25) is 4.79 Å². The number of hydrogen-bond acceptors (Lipinski definition) is 3. The number of benzene rings is 2. The molecule has 1 fully saturated rings. The number of para-hydroxylation sites is 2. The van der Waals surface area contributed by atoms with Gasteiger partial charge in [0.1, 0.15) is 6.10 Å². The van der Waals surface area contributed by atoms with E-state index in [1.807, 2.05) is 35.2 Å². The van der Waals surface area contributed by atoms with Gasteiger partial charge in [0, 0.05) is 24.0 Å². The summed E-state index contributed by atoms with van der Waals surface area (Å²) in [6.45, 7) is 2.82. The third-order valence-corrected chi connectivity index (χ3v) is 5.15.